The van der Waals surface area contributed by atoms with E-state index in [-0.39, 0.29) is 11.2 Å². The highest BCUT2D eigenvalue weighted by Crippen LogP contribution is 2.33. The fourth-order valence-corrected chi connectivity index (χ4v) is 3.69. The van der Waals surface area contributed by atoms with Crippen molar-refractivity contribution in [3.05, 3.63) is 0 Å². The van der Waals surface area contributed by atoms with Crippen molar-refractivity contribution in [2.24, 2.45) is 28.6 Å². The summed E-state index contributed by atoms with van der Waals surface area (Å²) in [6.45, 7) is 18.0. The first-order valence-electron chi connectivity index (χ1n) is 7.99. The van der Waals surface area contributed by atoms with Gasteiger partial charge in [-0.3, -0.25) is 4.79 Å². The summed E-state index contributed by atoms with van der Waals surface area (Å²) in [5, 5.41) is -0.147. The Hall–Kier alpha value is -0.0400. The van der Waals surface area contributed by atoms with E-state index in [2.05, 4.69) is 55.4 Å². The maximum absolute atomic E-state index is 11.7. The molecule has 0 aromatic rings. The van der Waals surface area contributed by atoms with E-state index < -0.39 is 0 Å². The van der Waals surface area contributed by atoms with Crippen LogP contribution in [0, 0.1) is 28.6 Å². The third kappa shape index (κ3) is 10.7. The molecule has 0 fully saturated rings. The van der Waals surface area contributed by atoms with E-state index in [1.165, 1.54) is 0 Å². The Bertz CT molecular complexity index is 272. The Labute approximate surface area is 131 Å². The topological polar surface area (TPSA) is 17.1 Å². The predicted octanol–water partition coefficient (Wildman–Crippen LogP) is 6.29. The largest absolute Gasteiger partial charge is 0.281 e. The lowest BCUT2D eigenvalue weighted by molar-refractivity contribution is -0.116. The van der Waals surface area contributed by atoms with Gasteiger partial charge in [0.15, 0.2) is 0 Å². The third-order valence-corrected chi connectivity index (χ3v) is 3.93. The van der Waals surface area contributed by atoms with Crippen LogP contribution in [0.1, 0.15) is 81.1 Å². The third-order valence-electron chi connectivity index (χ3n) is 3.62. The van der Waals surface area contributed by atoms with Crippen LogP contribution in [0.5, 0.6) is 0 Å². The van der Waals surface area contributed by atoms with Crippen molar-refractivity contribution < 1.29 is 4.79 Å². The molecule has 2 unspecified atom stereocenters. The normalized spacial score (nSPS) is 17.6. The molecule has 0 aromatic heterocycles. The van der Waals surface area contributed by atoms with Crippen LogP contribution in [0.15, 0.2) is 0 Å². The number of halogens is 1. The quantitative estimate of drug-likeness (QED) is 0.505. The molecule has 2 heteroatoms. The van der Waals surface area contributed by atoms with E-state index in [9.17, 15) is 4.79 Å². The van der Waals surface area contributed by atoms with Crippen molar-refractivity contribution in [3.8, 4) is 0 Å². The van der Waals surface area contributed by atoms with Crippen molar-refractivity contribution in [1.29, 1.82) is 0 Å². The van der Waals surface area contributed by atoms with Crippen LogP contribution in [-0.4, -0.2) is 5.24 Å². The lowest BCUT2D eigenvalue weighted by Crippen LogP contribution is -2.21. The zero-order chi connectivity index (χ0) is 16.1. The molecule has 0 amide bonds. The second kappa shape index (κ2) is 7.82. The van der Waals surface area contributed by atoms with E-state index in [0.29, 0.717) is 22.7 Å². The maximum atomic E-state index is 11.7. The average molecular weight is 303 g/mol. The summed E-state index contributed by atoms with van der Waals surface area (Å²) in [5.41, 5.74) is 0.632. The van der Waals surface area contributed by atoms with Crippen LogP contribution >= 0.6 is 11.6 Å². The standard InChI is InChI=1S/C18H35ClO/c1-13(11-17(3,4)5)9-15(16(19)20)10-14(2)12-18(6,7)8/h13-15H,9-12H2,1-8H3. The molecular formula is C18H35ClO. The number of rotatable bonds is 7. The molecule has 0 heterocycles. The lowest BCUT2D eigenvalue weighted by atomic mass is 9.77. The summed E-state index contributed by atoms with van der Waals surface area (Å²) in [6.07, 6.45) is 4.13. The van der Waals surface area contributed by atoms with E-state index >= 15 is 0 Å². The Morgan fingerprint density at radius 1 is 0.850 bits per heavy atom. The second-order valence-corrected chi connectivity index (χ2v) is 9.58. The first kappa shape index (κ1) is 20.0. The highest BCUT2D eigenvalue weighted by molar-refractivity contribution is 6.63. The van der Waals surface area contributed by atoms with Gasteiger partial charge in [0.05, 0.1) is 0 Å². The zero-order valence-corrected chi connectivity index (χ0v) is 15.6. The van der Waals surface area contributed by atoms with Crippen molar-refractivity contribution in [3.63, 3.8) is 0 Å². The van der Waals surface area contributed by atoms with Gasteiger partial charge in [-0.25, -0.2) is 0 Å². The minimum atomic E-state index is -0.147. The molecule has 0 rings (SSSR count). The molecule has 20 heavy (non-hydrogen) atoms. The molecule has 0 saturated carbocycles. The van der Waals surface area contributed by atoms with Gasteiger partial charge in [-0.05, 0) is 60.0 Å². The van der Waals surface area contributed by atoms with Gasteiger partial charge in [-0.1, -0.05) is 55.4 Å². The van der Waals surface area contributed by atoms with Gasteiger partial charge in [-0.15, -0.1) is 0 Å². The molecule has 2 atom stereocenters. The van der Waals surface area contributed by atoms with E-state index in [1.807, 2.05) is 0 Å². The Morgan fingerprint density at radius 3 is 1.35 bits per heavy atom. The summed E-state index contributed by atoms with van der Waals surface area (Å²) in [6, 6.07) is 0. The van der Waals surface area contributed by atoms with Gasteiger partial charge in [0.2, 0.25) is 5.24 Å². The van der Waals surface area contributed by atoms with Crippen LogP contribution in [0.25, 0.3) is 0 Å². The molecule has 0 aromatic carbocycles. The Kier molecular flexibility index (Phi) is 7.81. The monoisotopic (exact) mass is 302 g/mol. The summed E-state index contributed by atoms with van der Waals surface area (Å²) in [4.78, 5) is 11.7. The van der Waals surface area contributed by atoms with Gasteiger partial charge < -0.3 is 0 Å². The second-order valence-electron chi connectivity index (χ2n) is 9.21. The van der Waals surface area contributed by atoms with Crippen LogP contribution in [0.4, 0.5) is 0 Å². The van der Waals surface area contributed by atoms with Crippen molar-refractivity contribution in [1.82, 2.24) is 0 Å². The lowest BCUT2D eigenvalue weighted by Gasteiger charge is -2.28. The van der Waals surface area contributed by atoms with Gasteiger partial charge in [0.1, 0.15) is 0 Å². The van der Waals surface area contributed by atoms with Crippen LogP contribution in [0.2, 0.25) is 0 Å². The average Bonchev–Trinajstić information content (AvgIpc) is 2.09. The first-order valence-corrected chi connectivity index (χ1v) is 8.37. The van der Waals surface area contributed by atoms with E-state index in [4.69, 9.17) is 11.6 Å². The molecular weight excluding hydrogens is 268 g/mol. The molecule has 0 saturated heterocycles. The fourth-order valence-electron chi connectivity index (χ4n) is 3.51. The number of hydrogen-bond donors (Lipinski definition) is 0. The maximum Gasteiger partial charge on any atom is 0.224 e. The molecule has 0 aliphatic carbocycles. The highest BCUT2D eigenvalue weighted by Gasteiger charge is 2.26. The highest BCUT2D eigenvalue weighted by atomic mass is 35.5. The van der Waals surface area contributed by atoms with Crippen molar-refractivity contribution >= 4 is 16.8 Å². The number of carbonyl (C=O) groups excluding carboxylic acids is 1. The molecule has 120 valence electrons. The van der Waals surface area contributed by atoms with Gasteiger partial charge in [-0.2, -0.15) is 0 Å². The van der Waals surface area contributed by atoms with E-state index in [1.54, 1.807) is 0 Å². The Balaban J connectivity index is 4.48. The predicted molar refractivity (Wildman–Crippen MR) is 90.1 cm³/mol. The smallest absolute Gasteiger partial charge is 0.224 e. The molecule has 0 spiro atoms. The SMILES string of the molecule is CC(CC(CC(C)CC(C)(C)C)C(=O)Cl)CC(C)(C)C. The number of hydrogen-bond acceptors (Lipinski definition) is 1. The molecule has 0 aliphatic heterocycles. The minimum Gasteiger partial charge on any atom is -0.281 e. The summed E-state index contributed by atoms with van der Waals surface area (Å²) in [7, 11) is 0. The summed E-state index contributed by atoms with van der Waals surface area (Å²) < 4.78 is 0. The molecule has 0 N–H and O–H groups in total. The van der Waals surface area contributed by atoms with Gasteiger partial charge in [0, 0.05) is 5.92 Å². The molecule has 1 nitrogen and oxygen atoms in total. The van der Waals surface area contributed by atoms with Gasteiger partial charge >= 0.3 is 0 Å². The minimum absolute atomic E-state index is 0.0198. The van der Waals surface area contributed by atoms with Crippen molar-refractivity contribution in [2.45, 2.75) is 81.1 Å². The fraction of sp³-hybridized carbons (Fsp3) is 0.944. The molecule has 0 radical (unpaired) electrons. The molecule has 0 bridgehead atoms. The van der Waals surface area contributed by atoms with Crippen molar-refractivity contribution in [2.75, 3.05) is 0 Å². The first-order chi connectivity index (χ1) is 8.80. The molecule has 0 aliphatic rings. The summed E-state index contributed by atoms with van der Waals surface area (Å²) in [5.74, 6) is 1.11. The van der Waals surface area contributed by atoms with Crippen LogP contribution < -0.4 is 0 Å². The zero-order valence-electron chi connectivity index (χ0n) is 14.8. The van der Waals surface area contributed by atoms with E-state index in [0.717, 1.165) is 25.7 Å². The van der Waals surface area contributed by atoms with Gasteiger partial charge in [0.25, 0.3) is 0 Å². The van der Waals surface area contributed by atoms with Crippen LogP contribution in [-0.2, 0) is 4.79 Å². The summed E-state index contributed by atoms with van der Waals surface area (Å²) >= 11 is 5.84. The number of carbonyl (C=O) groups is 1. The van der Waals surface area contributed by atoms with Crippen LogP contribution in [0.3, 0.4) is 0 Å². The Morgan fingerprint density at radius 2 is 1.15 bits per heavy atom.